The van der Waals surface area contributed by atoms with Gasteiger partial charge in [0.25, 0.3) is 0 Å². The maximum atomic E-state index is 3.61. The van der Waals surface area contributed by atoms with Gasteiger partial charge in [0.15, 0.2) is 0 Å². The van der Waals surface area contributed by atoms with Crippen molar-refractivity contribution in [3.8, 4) is 0 Å². The molecule has 1 fully saturated rings. The molecule has 1 aromatic heterocycles. The van der Waals surface area contributed by atoms with Gasteiger partial charge in [-0.2, -0.15) is 0 Å². The van der Waals surface area contributed by atoms with Crippen molar-refractivity contribution >= 4 is 11.3 Å². The van der Waals surface area contributed by atoms with E-state index in [0.29, 0.717) is 0 Å². The number of nitrogens with one attached hydrogen (secondary N) is 1. The molecule has 2 nitrogen and oxygen atoms in total. The third-order valence-corrected chi connectivity index (χ3v) is 5.35. The number of hydrogen-bond acceptors (Lipinski definition) is 3. The van der Waals surface area contributed by atoms with Crippen LogP contribution in [-0.4, -0.2) is 31.1 Å². The second-order valence-electron chi connectivity index (χ2n) is 6.49. The van der Waals surface area contributed by atoms with Gasteiger partial charge < -0.3 is 5.32 Å². The van der Waals surface area contributed by atoms with Gasteiger partial charge in [0, 0.05) is 16.3 Å². The Labute approximate surface area is 128 Å². The summed E-state index contributed by atoms with van der Waals surface area (Å²) in [6, 6.07) is 4.61. The molecule has 0 aliphatic carbocycles. The van der Waals surface area contributed by atoms with E-state index < -0.39 is 0 Å². The standard InChI is InChI=1S/C17H30N2S/c1-4-16-5-6-17(20-16)13-19-9-7-15(8-10-19)12-18-11-14(2)3/h5-6,14-15,18H,4,7-13H2,1-3H3. The quantitative estimate of drug-likeness (QED) is 0.823. The van der Waals surface area contributed by atoms with Crippen LogP contribution in [0.2, 0.25) is 0 Å². The molecule has 0 atom stereocenters. The van der Waals surface area contributed by atoms with Crippen molar-refractivity contribution in [3.05, 3.63) is 21.9 Å². The summed E-state index contributed by atoms with van der Waals surface area (Å²) in [7, 11) is 0. The van der Waals surface area contributed by atoms with Crippen molar-refractivity contribution in [2.75, 3.05) is 26.2 Å². The van der Waals surface area contributed by atoms with E-state index in [1.165, 1.54) is 43.8 Å². The first kappa shape index (κ1) is 16.0. The van der Waals surface area contributed by atoms with Crippen LogP contribution >= 0.6 is 11.3 Å². The molecule has 0 radical (unpaired) electrons. The van der Waals surface area contributed by atoms with E-state index in [2.05, 4.69) is 43.1 Å². The van der Waals surface area contributed by atoms with Gasteiger partial charge in [0.1, 0.15) is 0 Å². The summed E-state index contributed by atoms with van der Waals surface area (Å²) in [5.74, 6) is 1.65. The van der Waals surface area contributed by atoms with Crippen molar-refractivity contribution in [1.82, 2.24) is 10.2 Å². The number of nitrogens with zero attached hydrogens (tertiary/aromatic N) is 1. The highest BCUT2D eigenvalue weighted by molar-refractivity contribution is 7.11. The highest BCUT2D eigenvalue weighted by Gasteiger charge is 2.19. The molecule has 0 amide bonds. The molecule has 3 heteroatoms. The first-order valence-corrected chi connectivity index (χ1v) is 8.99. The highest BCUT2D eigenvalue weighted by Crippen LogP contribution is 2.22. The van der Waals surface area contributed by atoms with E-state index in [9.17, 15) is 0 Å². The van der Waals surface area contributed by atoms with Crippen LogP contribution in [0, 0.1) is 11.8 Å². The van der Waals surface area contributed by atoms with Crippen molar-refractivity contribution < 1.29 is 0 Å². The van der Waals surface area contributed by atoms with Gasteiger partial charge in [-0.25, -0.2) is 0 Å². The minimum Gasteiger partial charge on any atom is -0.316 e. The van der Waals surface area contributed by atoms with E-state index >= 15 is 0 Å². The summed E-state index contributed by atoms with van der Waals surface area (Å²) >= 11 is 1.99. The Morgan fingerprint density at radius 1 is 1.25 bits per heavy atom. The van der Waals surface area contributed by atoms with Crippen LogP contribution in [0.4, 0.5) is 0 Å². The zero-order valence-corrected chi connectivity index (χ0v) is 14.1. The Balaban J connectivity index is 1.66. The monoisotopic (exact) mass is 294 g/mol. The van der Waals surface area contributed by atoms with E-state index in [1.54, 1.807) is 4.88 Å². The molecule has 1 aliphatic rings. The normalized spacial score (nSPS) is 18.0. The predicted molar refractivity (Wildman–Crippen MR) is 89.4 cm³/mol. The minimum absolute atomic E-state index is 0.765. The summed E-state index contributed by atoms with van der Waals surface area (Å²) in [6.07, 6.45) is 3.89. The van der Waals surface area contributed by atoms with E-state index in [1.807, 2.05) is 11.3 Å². The maximum absolute atomic E-state index is 3.61. The maximum Gasteiger partial charge on any atom is 0.0328 e. The molecule has 20 heavy (non-hydrogen) atoms. The topological polar surface area (TPSA) is 15.3 Å². The van der Waals surface area contributed by atoms with Crippen LogP contribution in [0.15, 0.2) is 12.1 Å². The van der Waals surface area contributed by atoms with Crippen molar-refractivity contribution in [2.24, 2.45) is 11.8 Å². The third kappa shape index (κ3) is 5.19. The summed E-state index contributed by atoms with van der Waals surface area (Å²) < 4.78 is 0. The van der Waals surface area contributed by atoms with Crippen LogP contribution in [-0.2, 0) is 13.0 Å². The second-order valence-corrected chi connectivity index (χ2v) is 7.75. The smallest absolute Gasteiger partial charge is 0.0328 e. The zero-order valence-electron chi connectivity index (χ0n) is 13.3. The first-order chi connectivity index (χ1) is 9.67. The number of hydrogen-bond donors (Lipinski definition) is 1. The molecule has 1 N–H and O–H groups in total. The molecule has 2 rings (SSSR count). The van der Waals surface area contributed by atoms with Crippen molar-refractivity contribution in [1.29, 1.82) is 0 Å². The molecular formula is C17H30N2S. The first-order valence-electron chi connectivity index (χ1n) is 8.18. The van der Waals surface area contributed by atoms with E-state index in [4.69, 9.17) is 0 Å². The highest BCUT2D eigenvalue weighted by atomic mass is 32.1. The molecule has 2 heterocycles. The molecule has 0 saturated carbocycles. The number of piperidine rings is 1. The molecule has 0 bridgehead atoms. The summed E-state index contributed by atoms with van der Waals surface area (Å²) in [6.45, 7) is 12.9. The lowest BCUT2D eigenvalue weighted by Crippen LogP contribution is -2.37. The lowest BCUT2D eigenvalue weighted by molar-refractivity contribution is 0.176. The molecule has 0 spiro atoms. The van der Waals surface area contributed by atoms with Crippen LogP contribution in [0.1, 0.15) is 43.4 Å². The molecular weight excluding hydrogens is 264 g/mol. The fourth-order valence-corrected chi connectivity index (χ4v) is 3.84. The largest absolute Gasteiger partial charge is 0.316 e. The van der Waals surface area contributed by atoms with E-state index in [0.717, 1.165) is 24.9 Å². The van der Waals surface area contributed by atoms with Gasteiger partial charge in [0.05, 0.1) is 0 Å². The van der Waals surface area contributed by atoms with Gasteiger partial charge >= 0.3 is 0 Å². The molecule has 0 unspecified atom stereocenters. The molecule has 0 aromatic carbocycles. The van der Waals surface area contributed by atoms with Gasteiger partial charge in [-0.05, 0) is 69.4 Å². The average Bonchev–Trinajstić information content (AvgIpc) is 2.88. The summed E-state index contributed by atoms with van der Waals surface area (Å²) in [5.41, 5.74) is 0. The molecule has 1 saturated heterocycles. The molecule has 1 aromatic rings. The van der Waals surface area contributed by atoms with Crippen LogP contribution in [0.3, 0.4) is 0 Å². The van der Waals surface area contributed by atoms with Crippen LogP contribution in [0.5, 0.6) is 0 Å². The van der Waals surface area contributed by atoms with Gasteiger partial charge in [-0.3, -0.25) is 4.90 Å². The van der Waals surface area contributed by atoms with Crippen LogP contribution < -0.4 is 5.32 Å². The van der Waals surface area contributed by atoms with E-state index in [-0.39, 0.29) is 0 Å². The Bertz CT molecular complexity index is 378. The minimum atomic E-state index is 0.765. The average molecular weight is 295 g/mol. The lowest BCUT2D eigenvalue weighted by Gasteiger charge is -2.31. The number of likely N-dealkylation sites (tertiary alicyclic amines) is 1. The third-order valence-electron chi connectivity index (χ3n) is 4.14. The molecule has 114 valence electrons. The number of rotatable bonds is 7. The summed E-state index contributed by atoms with van der Waals surface area (Å²) in [4.78, 5) is 5.69. The summed E-state index contributed by atoms with van der Waals surface area (Å²) in [5, 5.41) is 3.61. The fraction of sp³-hybridized carbons (Fsp3) is 0.765. The van der Waals surface area contributed by atoms with Gasteiger partial charge in [0.2, 0.25) is 0 Å². The fourth-order valence-electron chi connectivity index (χ4n) is 2.84. The predicted octanol–water partition coefficient (Wildman–Crippen LogP) is 3.77. The Kier molecular flexibility index (Phi) is 6.53. The SMILES string of the molecule is CCc1ccc(CN2CCC(CNCC(C)C)CC2)s1. The molecule has 1 aliphatic heterocycles. The Morgan fingerprint density at radius 3 is 2.55 bits per heavy atom. The lowest BCUT2D eigenvalue weighted by atomic mass is 9.96. The zero-order chi connectivity index (χ0) is 14.4. The number of aryl methyl sites for hydroxylation is 1. The van der Waals surface area contributed by atoms with Gasteiger partial charge in [-0.1, -0.05) is 20.8 Å². The Hall–Kier alpha value is -0.380. The second kappa shape index (κ2) is 8.16. The van der Waals surface area contributed by atoms with Gasteiger partial charge in [-0.15, -0.1) is 11.3 Å². The van der Waals surface area contributed by atoms with Crippen LogP contribution in [0.25, 0.3) is 0 Å². The number of thiophene rings is 1. The van der Waals surface area contributed by atoms with Crippen molar-refractivity contribution in [2.45, 2.75) is 46.6 Å². The Morgan fingerprint density at radius 2 is 1.95 bits per heavy atom. The van der Waals surface area contributed by atoms with Crippen molar-refractivity contribution in [3.63, 3.8) is 0 Å².